The number of aryl methyl sites for hydroxylation is 1. The minimum absolute atomic E-state index is 0.0306. The number of likely N-dealkylation sites (N-methyl/N-ethyl adjacent to an activating group) is 1. The fourth-order valence-electron chi connectivity index (χ4n) is 10.5. The molecule has 12 nitrogen and oxygen atoms in total. The second-order valence-electron chi connectivity index (χ2n) is 17.7. The van der Waals surface area contributed by atoms with Gasteiger partial charge in [-0.1, -0.05) is 54.6 Å². The summed E-state index contributed by atoms with van der Waals surface area (Å²) >= 11 is 1.50. The number of Topliss-reactive ketones (excluding diaryl/α,β-unsaturated/α-hetero) is 2. The first-order valence-corrected chi connectivity index (χ1v) is 21.9. The number of nitrogens with one attached hydrogen (secondary N) is 1. The van der Waals surface area contributed by atoms with E-state index in [2.05, 4.69) is 46.6 Å². The number of alkyl carbamates (subject to hydrolysis) is 1. The first-order chi connectivity index (χ1) is 29.1. The number of ketones is 2. The highest BCUT2D eigenvalue weighted by Gasteiger charge is 2.58. The molecule has 2 N–H and O–H groups in total. The first kappa shape index (κ1) is 42.3. The number of allylic oxidation sites excluding steroid dienone is 2. The van der Waals surface area contributed by atoms with E-state index < -0.39 is 65.8 Å². The molecule has 1 fully saturated rings. The highest BCUT2D eigenvalue weighted by Crippen LogP contribution is 2.52. The Balaban J connectivity index is 1.12. The lowest BCUT2D eigenvalue weighted by Gasteiger charge is -2.60. The Labute approximate surface area is 360 Å². The van der Waals surface area contributed by atoms with Gasteiger partial charge < -0.3 is 24.6 Å². The maximum Gasteiger partial charge on any atom is 0.408 e. The fraction of sp³-hybridized carbons (Fsp3) is 0.438. The number of benzene rings is 3. The monoisotopic (exact) mass is 844 g/mol. The summed E-state index contributed by atoms with van der Waals surface area (Å²) in [5, 5.41) is 24.7. The lowest BCUT2D eigenvalue weighted by molar-refractivity contribution is -0.150. The highest BCUT2D eigenvalue weighted by molar-refractivity contribution is 7.99. The molecule has 3 aromatic rings. The Bertz CT molecular complexity index is 2420. The fourth-order valence-corrected chi connectivity index (χ4v) is 11.7. The number of ether oxygens (including phenoxy) is 3. The molecule has 2 aliphatic carbocycles. The van der Waals surface area contributed by atoms with Gasteiger partial charge in [-0.2, -0.15) is 17.0 Å². The van der Waals surface area contributed by atoms with Gasteiger partial charge in [0.05, 0.1) is 25.3 Å². The summed E-state index contributed by atoms with van der Waals surface area (Å²) in [5.74, 6) is -0.994. The van der Waals surface area contributed by atoms with Crippen molar-refractivity contribution >= 4 is 35.4 Å². The van der Waals surface area contributed by atoms with Crippen molar-refractivity contribution in [1.82, 2.24) is 15.1 Å². The van der Waals surface area contributed by atoms with Gasteiger partial charge >= 0.3 is 12.1 Å². The summed E-state index contributed by atoms with van der Waals surface area (Å²) in [6, 6.07) is 17.1. The van der Waals surface area contributed by atoms with Crippen LogP contribution in [0.25, 0.3) is 11.1 Å². The van der Waals surface area contributed by atoms with Gasteiger partial charge in [0.1, 0.15) is 30.0 Å². The second-order valence-corrected chi connectivity index (χ2v) is 18.8. The number of aliphatic hydroxyl groups is 1. The number of piperazine rings is 1. The summed E-state index contributed by atoms with van der Waals surface area (Å²) in [4.78, 5) is 59.9. The van der Waals surface area contributed by atoms with Crippen molar-refractivity contribution in [2.24, 2.45) is 0 Å². The van der Waals surface area contributed by atoms with Gasteiger partial charge in [0.15, 0.2) is 11.5 Å². The van der Waals surface area contributed by atoms with Crippen molar-refractivity contribution in [1.29, 1.82) is 5.26 Å². The predicted molar refractivity (Wildman–Crippen MR) is 231 cm³/mol. The quantitative estimate of drug-likeness (QED) is 0.171. The number of methoxy groups -OCH3 is 1. The van der Waals surface area contributed by atoms with Crippen LogP contribution in [-0.2, 0) is 30.3 Å². The summed E-state index contributed by atoms with van der Waals surface area (Å²) < 4.78 is 17.6. The molecular weight excluding hydrogens is 793 g/mol. The van der Waals surface area contributed by atoms with Gasteiger partial charge in [-0.05, 0) is 106 Å². The summed E-state index contributed by atoms with van der Waals surface area (Å²) in [7, 11) is 3.63. The average molecular weight is 845 g/mol. The number of rotatable bonds is 9. The minimum Gasteiger partial charge on any atom is -0.504 e. The van der Waals surface area contributed by atoms with Crippen LogP contribution in [0.5, 0.6) is 5.75 Å². The van der Waals surface area contributed by atoms with E-state index in [0.29, 0.717) is 12.2 Å². The van der Waals surface area contributed by atoms with Gasteiger partial charge in [0.25, 0.3) is 0 Å². The van der Waals surface area contributed by atoms with Crippen molar-refractivity contribution in [2.75, 3.05) is 32.3 Å². The summed E-state index contributed by atoms with van der Waals surface area (Å²) in [5.41, 5.74) is 8.22. The van der Waals surface area contributed by atoms with Crippen molar-refractivity contribution in [3.05, 3.63) is 110 Å². The van der Waals surface area contributed by atoms with Gasteiger partial charge in [-0.15, -0.1) is 0 Å². The molecule has 3 aliphatic heterocycles. The molecule has 0 aromatic heterocycles. The van der Waals surface area contributed by atoms with E-state index in [1.807, 2.05) is 50.1 Å². The zero-order valence-electron chi connectivity index (χ0n) is 35.8. The van der Waals surface area contributed by atoms with Crippen LogP contribution >= 0.6 is 11.8 Å². The highest BCUT2D eigenvalue weighted by atomic mass is 32.2. The third kappa shape index (κ3) is 7.22. The molecule has 3 aromatic carbocycles. The van der Waals surface area contributed by atoms with Crippen LogP contribution in [0.4, 0.5) is 4.79 Å². The van der Waals surface area contributed by atoms with E-state index in [9.17, 15) is 29.5 Å². The number of carbonyl (C=O) groups excluding carboxylic acids is 4. The van der Waals surface area contributed by atoms with E-state index in [4.69, 9.17) is 14.2 Å². The summed E-state index contributed by atoms with van der Waals surface area (Å²) in [6.07, 6.45) is -0.110. The van der Waals surface area contributed by atoms with Crippen LogP contribution in [0.15, 0.2) is 77.1 Å². The van der Waals surface area contributed by atoms with Crippen LogP contribution in [-0.4, -0.2) is 107 Å². The van der Waals surface area contributed by atoms with Gasteiger partial charge in [-0.25, -0.2) is 9.59 Å². The van der Waals surface area contributed by atoms with E-state index in [1.165, 1.54) is 40.9 Å². The molecule has 1 amide bonds. The molecular formula is C48H52N4O8S. The Hall–Kier alpha value is -5.42. The average Bonchev–Trinajstić information content (AvgIpc) is 3.53. The molecule has 2 bridgehead atoms. The topological polar surface area (TPSA) is 158 Å². The first-order valence-electron chi connectivity index (χ1n) is 20.8. The zero-order valence-corrected chi connectivity index (χ0v) is 36.6. The lowest BCUT2D eigenvalue weighted by atomic mass is 9.69. The van der Waals surface area contributed by atoms with Crippen molar-refractivity contribution in [2.45, 2.75) is 102 Å². The van der Waals surface area contributed by atoms with Crippen LogP contribution in [0, 0.1) is 25.2 Å². The number of nitrogens with zero attached hydrogens (tertiary/aromatic N) is 3. The second kappa shape index (κ2) is 16.1. The standard InChI is InChI=1S/C48H52N4O8S/c1-24-17-27-18-35-37(20-49)52-36(41(51(35)7)39(27)25(2)45(24)58-8)19-32-40(44(55)43(54)26(3)42(32)53)38(52)21-59-46(56)34(50-47(57)60-48(4,5)6)23-61-22-33-30-15-11-9-13-28(30)29-14-10-12-16-31(29)33/h9-17,33-38,41,54H,18-19,21-23H2,1-8H3,(H,50,57)/t34-,35-,36+,37+,38+,41-/m1/s1. The number of esters is 1. The molecule has 0 unspecified atom stereocenters. The molecule has 3 heterocycles. The molecule has 13 heteroatoms. The normalized spacial score (nSPS) is 23.9. The third-order valence-corrected chi connectivity index (χ3v) is 14.2. The number of nitriles is 1. The van der Waals surface area contributed by atoms with Crippen LogP contribution < -0.4 is 10.1 Å². The van der Waals surface area contributed by atoms with Crippen LogP contribution in [0.3, 0.4) is 0 Å². The van der Waals surface area contributed by atoms with Crippen molar-refractivity contribution < 1.29 is 38.5 Å². The number of fused-ring (bicyclic) bond motifs is 9. The molecule has 6 atom stereocenters. The largest absolute Gasteiger partial charge is 0.504 e. The predicted octanol–water partition coefficient (Wildman–Crippen LogP) is 6.82. The molecule has 0 radical (unpaired) electrons. The molecule has 318 valence electrons. The molecule has 5 aliphatic rings. The van der Waals surface area contributed by atoms with Gasteiger partial charge in [0, 0.05) is 46.2 Å². The summed E-state index contributed by atoms with van der Waals surface area (Å²) in [6.45, 7) is 10.2. The minimum atomic E-state index is -1.15. The molecule has 0 saturated carbocycles. The van der Waals surface area contributed by atoms with Crippen molar-refractivity contribution in [3.8, 4) is 22.9 Å². The maximum atomic E-state index is 14.4. The Morgan fingerprint density at radius 3 is 2.28 bits per heavy atom. The Morgan fingerprint density at radius 2 is 1.66 bits per heavy atom. The Kier molecular flexibility index (Phi) is 11.2. The van der Waals surface area contributed by atoms with Gasteiger partial charge in [-0.3, -0.25) is 19.4 Å². The van der Waals surface area contributed by atoms with Gasteiger partial charge in [0.2, 0.25) is 5.78 Å². The van der Waals surface area contributed by atoms with E-state index in [1.54, 1.807) is 27.9 Å². The third-order valence-electron chi connectivity index (χ3n) is 13.0. The number of aliphatic hydroxyl groups excluding tert-OH is 1. The number of hydrogen-bond acceptors (Lipinski definition) is 12. The van der Waals surface area contributed by atoms with E-state index >= 15 is 0 Å². The molecule has 8 rings (SSSR count). The molecule has 61 heavy (non-hydrogen) atoms. The number of thioether (sulfide) groups is 1. The molecule has 0 spiro atoms. The molecule has 1 saturated heterocycles. The zero-order chi connectivity index (χ0) is 43.7. The lowest BCUT2D eigenvalue weighted by Crippen LogP contribution is -2.70. The van der Waals surface area contributed by atoms with Crippen LogP contribution in [0.1, 0.15) is 79.5 Å². The number of amides is 1. The van der Waals surface area contributed by atoms with E-state index in [0.717, 1.165) is 28.0 Å². The number of carbonyl (C=O) groups is 4. The van der Waals surface area contributed by atoms with Crippen molar-refractivity contribution in [3.63, 3.8) is 0 Å². The smallest absolute Gasteiger partial charge is 0.408 e. The van der Waals surface area contributed by atoms with Crippen LogP contribution in [0.2, 0.25) is 0 Å². The number of hydrogen-bond donors (Lipinski definition) is 2. The van der Waals surface area contributed by atoms with E-state index in [-0.39, 0.29) is 46.9 Å². The SMILES string of the molecule is COc1c(C)cc2c(c1C)[C@H]1[C@@H]3CC4=C(C(=O)C(O)=C(C)C4=O)[C@H](COC(=O)[C@@H](CSCC4c5ccccc5-c5ccccc54)NC(=O)OC(C)(C)C)N3[C@@H](C#N)[C@@H](C2)N1C. The maximum absolute atomic E-state index is 14.4. The Morgan fingerprint density at radius 1 is 1.00 bits per heavy atom.